The van der Waals surface area contributed by atoms with Crippen LogP contribution in [0.1, 0.15) is 48.7 Å². The van der Waals surface area contributed by atoms with Crippen molar-refractivity contribution in [1.29, 1.82) is 0 Å². The minimum absolute atomic E-state index is 0.222. The lowest BCUT2D eigenvalue weighted by Crippen LogP contribution is -2.32. The number of benzene rings is 1. The molecule has 2 aliphatic rings. The van der Waals surface area contributed by atoms with E-state index in [9.17, 15) is 9.18 Å². The summed E-state index contributed by atoms with van der Waals surface area (Å²) < 4.78 is 14.9. The largest absolute Gasteiger partial charge is 0.378 e. The van der Waals surface area contributed by atoms with E-state index in [2.05, 4.69) is 15.3 Å². The van der Waals surface area contributed by atoms with Gasteiger partial charge in [0, 0.05) is 17.4 Å². The number of pyridine rings is 1. The van der Waals surface area contributed by atoms with Gasteiger partial charge in [-0.05, 0) is 73.4 Å². The van der Waals surface area contributed by atoms with Crippen molar-refractivity contribution in [2.45, 2.75) is 38.1 Å². The maximum Gasteiger partial charge on any atom is 0.274 e. The number of hydrogen-bond donors (Lipinski definition) is 2. The van der Waals surface area contributed by atoms with Gasteiger partial charge in [0.15, 0.2) is 5.17 Å². The van der Waals surface area contributed by atoms with Crippen molar-refractivity contribution >= 4 is 40.1 Å². The highest BCUT2D eigenvalue weighted by molar-refractivity contribution is 8.17. The molecule has 0 saturated heterocycles. The van der Waals surface area contributed by atoms with E-state index in [0.29, 0.717) is 21.4 Å². The molecular weight excluding hydrogens is 411 g/mol. The fourth-order valence-corrected chi connectivity index (χ4v) is 5.11. The number of amides is 1. The topological polar surface area (TPSA) is 80.4 Å². The van der Waals surface area contributed by atoms with Gasteiger partial charge in [0.2, 0.25) is 0 Å². The Bertz CT molecular complexity index is 1040. The standard InChI is InChI=1S/C21H20ClFN4OS/c1-21(14-4-2-3-5-18(14)29-20(24)27-21)15-10-13(7-8-16(15)23)26-19(28)17-9-6-12(22)11-25-17/h6-11H,2-5H2,1H3,(H2,24,27)(H,26,28)/t21-/m0/s1. The maximum atomic E-state index is 14.9. The number of nitrogens with zero attached hydrogens (tertiary/aromatic N) is 2. The van der Waals surface area contributed by atoms with Crippen molar-refractivity contribution in [2.24, 2.45) is 10.7 Å². The van der Waals surface area contributed by atoms with Gasteiger partial charge in [-0.2, -0.15) is 0 Å². The Balaban J connectivity index is 1.69. The summed E-state index contributed by atoms with van der Waals surface area (Å²) in [5.74, 6) is -0.778. The van der Waals surface area contributed by atoms with Crippen LogP contribution < -0.4 is 11.1 Å². The summed E-state index contributed by atoms with van der Waals surface area (Å²) in [7, 11) is 0. The van der Waals surface area contributed by atoms with Gasteiger partial charge in [-0.25, -0.2) is 14.4 Å². The van der Waals surface area contributed by atoms with Gasteiger partial charge in [-0.15, -0.1) is 0 Å². The molecule has 2 aromatic rings. The second-order valence-electron chi connectivity index (χ2n) is 7.24. The fourth-order valence-electron chi connectivity index (χ4n) is 3.85. The molecule has 4 rings (SSSR count). The number of anilines is 1. The monoisotopic (exact) mass is 430 g/mol. The molecule has 3 N–H and O–H groups in total. The highest BCUT2D eigenvalue weighted by Crippen LogP contribution is 2.49. The number of hydrogen-bond acceptors (Lipinski definition) is 5. The molecule has 0 unspecified atom stereocenters. The minimum Gasteiger partial charge on any atom is -0.378 e. The Labute approximate surface area is 177 Å². The zero-order chi connectivity index (χ0) is 20.6. The van der Waals surface area contributed by atoms with Gasteiger partial charge < -0.3 is 11.1 Å². The highest BCUT2D eigenvalue weighted by atomic mass is 35.5. The van der Waals surface area contributed by atoms with Crippen molar-refractivity contribution < 1.29 is 9.18 Å². The average molecular weight is 431 g/mol. The van der Waals surface area contributed by atoms with Gasteiger partial charge in [-0.1, -0.05) is 23.4 Å². The van der Waals surface area contributed by atoms with Crippen LogP contribution in [0.15, 0.2) is 52.0 Å². The molecule has 1 aromatic heterocycles. The molecule has 0 fully saturated rings. The van der Waals surface area contributed by atoms with Crippen LogP contribution >= 0.6 is 23.4 Å². The molecule has 0 radical (unpaired) electrons. The summed E-state index contributed by atoms with van der Waals surface area (Å²) >= 11 is 7.30. The SMILES string of the molecule is C[C@]1(c2cc(NC(=O)c3ccc(Cl)cn3)ccc2F)N=C(N)SC2=C1CCCC2. The van der Waals surface area contributed by atoms with E-state index in [0.717, 1.165) is 31.3 Å². The molecule has 5 nitrogen and oxygen atoms in total. The smallest absolute Gasteiger partial charge is 0.274 e. The number of aromatic nitrogens is 1. The number of rotatable bonds is 3. The lowest BCUT2D eigenvalue weighted by Gasteiger charge is -2.37. The van der Waals surface area contributed by atoms with Crippen molar-refractivity contribution in [1.82, 2.24) is 4.98 Å². The molecular formula is C21H20ClFN4OS. The zero-order valence-corrected chi connectivity index (χ0v) is 17.4. The summed E-state index contributed by atoms with van der Waals surface area (Å²) in [5.41, 5.74) is 7.40. The van der Waals surface area contributed by atoms with Crippen LogP contribution in [-0.2, 0) is 5.54 Å². The molecule has 1 amide bonds. The number of nitrogens with one attached hydrogen (secondary N) is 1. The van der Waals surface area contributed by atoms with E-state index >= 15 is 0 Å². The molecule has 0 bridgehead atoms. The van der Waals surface area contributed by atoms with Crippen LogP contribution in [-0.4, -0.2) is 16.1 Å². The van der Waals surface area contributed by atoms with Gasteiger partial charge >= 0.3 is 0 Å². The first-order valence-corrected chi connectivity index (χ1v) is 10.5. The zero-order valence-electron chi connectivity index (χ0n) is 15.8. The predicted octanol–water partition coefficient (Wildman–Crippen LogP) is 5.23. The lowest BCUT2D eigenvalue weighted by atomic mass is 9.79. The first-order valence-electron chi connectivity index (χ1n) is 9.35. The van der Waals surface area contributed by atoms with E-state index in [-0.39, 0.29) is 11.5 Å². The molecule has 1 atom stereocenters. The average Bonchev–Trinajstić information content (AvgIpc) is 2.69. The molecule has 2 heterocycles. The Morgan fingerprint density at radius 2 is 2.07 bits per heavy atom. The number of carbonyl (C=O) groups is 1. The molecule has 8 heteroatoms. The first-order chi connectivity index (χ1) is 13.9. The molecule has 0 spiro atoms. The Kier molecular flexibility index (Phi) is 5.36. The van der Waals surface area contributed by atoms with Crippen molar-refractivity contribution in [3.63, 3.8) is 0 Å². The van der Waals surface area contributed by atoms with Crippen molar-refractivity contribution in [2.75, 3.05) is 5.32 Å². The van der Waals surface area contributed by atoms with Gasteiger partial charge in [0.25, 0.3) is 5.91 Å². The number of nitrogens with two attached hydrogens (primary N) is 1. The Hall–Kier alpha value is -2.38. The minimum atomic E-state index is -0.881. The Morgan fingerprint density at radius 3 is 2.83 bits per heavy atom. The normalized spacial score (nSPS) is 21.4. The third-order valence-corrected chi connectivity index (χ3v) is 6.50. The van der Waals surface area contributed by atoms with Crippen LogP contribution in [0.2, 0.25) is 5.02 Å². The van der Waals surface area contributed by atoms with E-state index in [1.807, 2.05) is 6.92 Å². The predicted molar refractivity (Wildman–Crippen MR) is 116 cm³/mol. The number of allylic oxidation sites excluding steroid dienone is 1. The number of thioether (sulfide) groups is 1. The van der Waals surface area contributed by atoms with Crippen LogP contribution in [0.3, 0.4) is 0 Å². The highest BCUT2D eigenvalue weighted by Gasteiger charge is 2.39. The quantitative estimate of drug-likeness (QED) is 0.698. The first kappa shape index (κ1) is 19.9. The summed E-state index contributed by atoms with van der Waals surface area (Å²) in [6, 6.07) is 7.63. The third-order valence-electron chi connectivity index (χ3n) is 5.28. The number of halogens is 2. The molecule has 150 valence electrons. The van der Waals surface area contributed by atoms with Crippen LogP contribution in [0.25, 0.3) is 0 Å². The second-order valence-corrected chi connectivity index (χ2v) is 8.80. The molecule has 1 aromatic carbocycles. The van der Waals surface area contributed by atoms with Gasteiger partial charge in [0.1, 0.15) is 17.1 Å². The molecule has 1 aliphatic heterocycles. The van der Waals surface area contributed by atoms with Crippen LogP contribution in [0.5, 0.6) is 0 Å². The van der Waals surface area contributed by atoms with Crippen molar-refractivity contribution in [3.8, 4) is 0 Å². The summed E-state index contributed by atoms with van der Waals surface area (Å²) in [6.07, 6.45) is 5.35. The Morgan fingerprint density at radius 1 is 1.28 bits per heavy atom. The lowest BCUT2D eigenvalue weighted by molar-refractivity contribution is 0.102. The number of carbonyl (C=O) groups excluding carboxylic acids is 1. The van der Waals surface area contributed by atoms with Gasteiger partial charge in [0.05, 0.1) is 5.02 Å². The van der Waals surface area contributed by atoms with E-state index < -0.39 is 11.4 Å². The molecule has 29 heavy (non-hydrogen) atoms. The molecule has 0 saturated carbocycles. The second kappa shape index (κ2) is 7.80. The van der Waals surface area contributed by atoms with Gasteiger partial charge in [-0.3, -0.25) is 4.79 Å². The van der Waals surface area contributed by atoms with E-state index in [4.69, 9.17) is 17.3 Å². The van der Waals surface area contributed by atoms with Crippen molar-refractivity contribution in [3.05, 3.63) is 69.1 Å². The number of aliphatic imine (C=N–C) groups is 1. The fraction of sp³-hybridized carbons (Fsp3) is 0.286. The summed E-state index contributed by atoms with van der Waals surface area (Å²) in [6.45, 7) is 1.89. The maximum absolute atomic E-state index is 14.9. The van der Waals surface area contributed by atoms with E-state index in [1.54, 1.807) is 12.1 Å². The third kappa shape index (κ3) is 3.89. The summed E-state index contributed by atoms with van der Waals surface area (Å²) in [4.78, 5) is 22.3. The summed E-state index contributed by atoms with van der Waals surface area (Å²) in [5, 5.41) is 3.66. The molecule has 1 aliphatic carbocycles. The number of amidine groups is 1. The van der Waals surface area contributed by atoms with Crippen LogP contribution in [0.4, 0.5) is 10.1 Å². The van der Waals surface area contributed by atoms with E-state index in [1.165, 1.54) is 41.1 Å². The van der Waals surface area contributed by atoms with Crippen LogP contribution in [0, 0.1) is 5.82 Å².